The molecule has 184 valence electrons. The molecular formula is C22H19Cl2F3INO5. The van der Waals surface area contributed by atoms with E-state index < -0.39 is 28.8 Å². The molecule has 3 N–H and O–H groups in total. The lowest BCUT2D eigenvalue weighted by atomic mass is 9.89. The van der Waals surface area contributed by atoms with Crippen LogP contribution < -0.4 is 5.43 Å². The number of likely N-dealkylation sites (tertiary alicyclic amines) is 1. The average molecular weight is 632 g/mol. The van der Waals surface area contributed by atoms with Crippen molar-refractivity contribution in [1.82, 2.24) is 4.90 Å². The molecule has 1 aliphatic heterocycles. The van der Waals surface area contributed by atoms with E-state index >= 15 is 0 Å². The smallest absolute Gasteiger partial charge is 0.416 e. The molecule has 0 aliphatic carbocycles. The molecule has 0 radical (unpaired) electrons. The molecule has 4 rings (SSSR count). The van der Waals surface area contributed by atoms with Crippen LogP contribution in [0.25, 0.3) is 22.3 Å². The summed E-state index contributed by atoms with van der Waals surface area (Å²) in [5, 5.41) is 30.5. The summed E-state index contributed by atoms with van der Waals surface area (Å²) in [5.74, 6) is -1.30. The maximum Gasteiger partial charge on any atom is 0.416 e. The van der Waals surface area contributed by atoms with Gasteiger partial charge in [0, 0.05) is 29.2 Å². The minimum absolute atomic E-state index is 0. The predicted octanol–water partition coefficient (Wildman–Crippen LogP) is 5.35. The fourth-order valence-electron chi connectivity index (χ4n) is 4.35. The lowest BCUT2D eigenvalue weighted by Gasteiger charge is -2.24. The van der Waals surface area contributed by atoms with Gasteiger partial charge < -0.3 is 24.6 Å². The normalized spacial score (nSPS) is 18.9. The highest BCUT2D eigenvalue weighted by atomic mass is 127. The summed E-state index contributed by atoms with van der Waals surface area (Å²) >= 11 is 7.82. The zero-order valence-corrected chi connectivity index (χ0v) is 21.2. The molecule has 0 saturated carbocycles. The average Bonchev–Trinajstić information content (AvgIpc) is 3.09. The van der Waals surface area contributed by atoms with Gasteiger partial charge in [-0.3, -0.25) is 4.79 Å². The van der Waals surface area contributed by atoms with Crippen LogP contribution in [0.15, 0.2) is 33.5 Å². The van der Waals surface area contributed by atoms with Crippen LogP contribution in [0.2, 0.25) is 5.02 Å². The highest BCUT2D eigenvalue weighted by Gasteiger charge is 2.37. The summed E-state index contributed by atoms with van der Waals surface area (Å²) in [6.45, 7) is 0.402. The van der Waals surface area contributed by atoms with Gasteiger partial charge >= 0.3 is 6.18 Å². The van der Waals surface area contributed by atoms with E-state index in [1.807, 2.05) is 11.9 Å². The van der Waals surface area contributed by atoms with E-state index in [4.69, 9.17) is 16.0 Å². The zero-order valence-electron chi connectivity index (χ0n) is 17.5. The van der Waals surface area contributed by atoms with Crippen molar-refractivity contribution in [2.24, 2.45) is 0 Å². The van der Waals surface area contributed by atoms with Crippen LogP contribution in [0.5, 0.6) is 11.5 Å². The molecular weight excluding hydrogens is 613 g/mol. The molecule has 1 fully saturated rings. The topological polar surface area (TPSA) is 94.1 Å². The fraction of sp³-hybridized carbons (Fsp3) is 0.318. The van der Waals surface area contributed by atoms with Crippen molar-refractivity contribution in [2.45, 2.75) is 24.6 Å². The summed E-state index contributed by atoms with van der Waals surface area (Å²) in [4.78, 5) is 15.1. The third-order valence-electron chi connectivity index (χ3n) is 6.03. The van der Waals surface area contributed by atoms with Crippen LogP contribution >= 0.6 is 46.6 Å². The lowest BCUT2D eigenvalue weighted by Crippen LogP contribution is -2.32. The van der Waals surface area contributed by atoms with E-state index in [-0.39, 0.29) is 67.3 Å². The minimum atomic E-state index is -4.60. The molecule has 1 aliphatic rings. The van der Waals surface area contributed by atoms with Gasteiger partial charge in [-0.15, -0.1) is 12.4 Å². The number of hydrogen-bond acceptors (Lipinski definition) is 6. The van der Waals surface area contributed by atoms with Crippen LogP contribution in [0.1, 0.15) is 23.5 Å². The van der Waals surface area contributed by atoms with Crippen molar-refractivity contribution < 1.29 is 32.9 Å². The molecule has 1 aromatic heterocycles. The van der Waals surface area contributed by atoms with Crippen molar-refractivity contribution in [3.8, 4) is 22.8 Å². The molecule has 0 amide bonds. The largest absolute Gasteiger partial charge is 0.507 e. The third-order valence-corrected chi connectivity index (χ3v) is 7.32. The summed E-state index contributed by atoms with van der Waals surface area (Å²) in [6.07, 6.45) is -4.06. The Hall–Kier alpha value is -1.73. The van der Waals surface area contributed by atoms with E-state index in [0.717, 1.165) is 24.3 Å². The number of aliphatic hydroxyl groups excluding tert-OH is 1. The first-order chi connectivity index (χ1) is 15.5. The number of likely N-dealkylation sites (N-methyl/N-ethyl adjacent to an activating group) is 1. The molecule has 2 aromatic carbocycles. The first-order valence-electron chi connectivity index (χ1n) is 9.85. The zero-order chi connectivity index (χ0) is 24.2. The first-order valence-corrected chi connectivity index (χ1v) is 11.3. The van der Waals surface area contributed by atoms with Crippen LogP contribution in [-0.2, 0) is 6.18 Å². The standard InChI is InChI=1S/C22H18ClF3INO5.ClH/c1-28-5-4-11(13(28)8-29)16-14(30)7-15(31)17-19(32)18(27)20(33-21(16)17)10-3-2-9(6-12(10)23)22(24,25)26;/h2-3,6-7,11,13,29-31H,4-5,8H2,1H3;1H. The first kappa shape index (κ1) is 26.9. The highest BCUT2D eigenvalue weighted by molar-refractivity contribution is 14.1. The predicted molar refractivity (Wildman–Crippen MR) is 132 cm³/mol. The highest BCUT2D eigenvalue weighted by Crippen LogP contribution is 2.45. The molecule has 6 nitrogen and oxygen atoms in total. The molecule has 2 atom stereocenters. The van der Waals surface area contributed by atoms with Gasteiger partial charge in [-0.25, -0.2) is 0 Å². The molecule has 3 aromatic rings. The number of aliphatic hydroxyl groups is 1. The molecule has 0 bridgehead atoms. The van der Waals surface area contributed by atoms with E-state index in [2.05, 4.69) is 0 Å². The second-order valence-corrected chi connectivity index (χ2v) is 9.41. The number of phenolic OH excluding ortho intramolecular Hbond substituents is 2. The maximum absolute atomic E-state index is 13.2. The lowest BCUT2D eigenvalue weighted by molar-refractivity contribution is -0.137. The second kappa shape index (κ2) is 9.73. The van der Waals surface area contributed by atoms with Gasteiger partial charge in [-0.1, -0.05) is 11.6 Å². The molecule has 2 unspecified atom stereocenters. The number of rotatable bonds is 3. The summed E-state index contributed by atoms with van der Waals surface area (Å²) in [6, 6.07) is 3.37. The van der Waals surface area contributed by atoms with Crippen molar-refractivity contribution >= 4 is 57.6 Å². The Morgan fingerprint density at radius 2 is 1.91 bits per heavy atom. The van der Waals surface area contributed by atoms with E-state index in [1.165, 1.54) is 0 Å². The van der Waals surface area contributed by atoms with Gasteiger partial charge in [0.1, 0.15) is 26.0 Å². The number of phenols is 2. The Labute approximate surface area is 216 Å². The monoisotopic (exact) mass is 631 g/mol. The Kier molecular flexibility index (Phi) is 7.69. The van der Waals surface area contributed by atoms with Crippen LogP contribution in [0.3, 0.4) is 0 Å². The molecule has 1 saturated heterocycles. The third kappa shape index (κ3) is 4.46. The van der Waals surface area contributed by atoms with E-state index in [9.17, 15) is 33.3 Å². The molecule has 2 heterocycles. The van der Waals surface area contributed by atoms with Gasteiger partial charge in [0.2, 0.25) is 5.43 Å². The summed E-state index contributed by atoms with van der Waals surface area (Å²) in [5.41, 5.74) is -1.37. The maximum atomic E-state index is 13.2. The van der Waals surface area contributed by atoms with E-state index in [0.29, 0.717) is 13.0 Å². The van der Waals surface area contributed by atoms with Gasteiger partial charge in [0.25, 0.3) is 0 Å². The van der Waals surface area contributed by atoms with Gasteiger partial charge in [0.05, 0.1) is 17.2 Å². The Morgan fingerprint density at radius 3 is 2.50 bits per heavy atom. The van der Waals surface area contributed by atoms with Crippen LogP contribution in [0, 0.1) is 3.57 Å². The Morgan fingerprint density at radius 1 is 1.24 bits per heavy atom. The van der Waals surface area contributed by atoms with Gasteiger partial charge in [-0.2, -0.15) is 13.2 Å². The Balaban J connectivity index is 0.00000324. The second-order valence-electron chi connectivity index (χ2n) is 7.92. The van der Waals surface area contributed by atoms with Gasteiger partial charge in [0.15, 0.2) is 5.76 Å². The number of hydrogen-bond donors (Lipinski definition) is 3. The molecule has 12 heteroatoms. The van der Waals surface area contributed by atoms with Crippen molar-refractivity contribution in [3.05, 3.63) is 54.2 Å². The number of nitrogens with zero attached hydrogens (tertiary/aromatic N) is 1. The minimum Gasteiger partial charge on any atom is -0.507 e. The quantitative estimate of drug-likeness (QED) is 0.338. The van der Waals surface area contributed by atoms with Crippen molar-refractivity contribution in [1.29, 1.82) is 0 Å². The van der Waals surface area contributed by atoms with Crippen LogP contribution in [-0.4, -0.2) is 46.5 Å². The van der Waals surface area contributed by atoms with Gasteiger partial charge in [-0.05, 0) is 60.8 Å². The molecule has 0 spiro atoms. The van der Waals surface area contributed by atoms with Crippen LogP contribution in [0.4, 0.5) is 13.2 Å². The van der Waals surface area contributed by atoms with Crippen molar-refractivity contribution in [3.63, 3.8) is 0 Å². The number of benzene rings is 2. The number of aromatic hydroxyl groups is 2. The number of alkyl halides is 3. The number of halogens is 6. The summed E-state index contributed by atoms with van der Waals surface area (Å²) in [7, 11) is 1.81. The molecule has 34 heavy (non-hydrogen) atoms. The summed E-state index contributed by atoms with van der Waals surface area (Å²) < 4.78 is 45.2. The number of fused-ring (bicyclic) bond motifs is 1. The Bertz CT molecular complexity index is 1310. The van der Waals surface area contributed by atoms with Crippen molar-refractivity contribution in [2.75, 3.05) is 20.2 Å². The SMILES string of the molecule is CN1CCC(c2c(O)cc(O)c3c(=O)c(I)c(-c4ccc(C(F)(F)F)cc4Cl)oc23)C1CO.Cl. The fourth-order valence-corrected chi connectivity index (χ4v) is 5.29. The van der Waals surface area contributed by atoms with E-state index in [1.54, 1.807) is 22.6 Å².